The highest BCUT2D eigenvalue weighted by atomic mass is 79.9. The van der Waals surface area contributed by atoms with E-state index in [0.717, 1.165) is 10.2 Å². The Balaban J connectivity index is 1.81. The maximum absolute atomic E-state index is 11.8. The number of rotatable bonds is 4. The maximum atomic E-state index is 11.8. The van der Waals surface area contributed by atoms with Crippen LogP contribution in [0.2, 0.25) is 0 Å². The zero-order valence-electron chi connectivity index (χ0n) is 8.67. The van der Waals surface area contributed by atoms with E-state index in [1.807, 2.05) is 12.1 Å². The molecular weight excluding hydrogens is 272 g/mol. The summed E-state index contributed by atoms with van der Waals surface area (Å²) in [5.41, 5.74) is 0. The van der Waals surface area contributed by atoms with Crippen LogP contribution in [0.1, 0.15) is 37.0 Å². The Kier molecular flexibility index (Phi) is 3.98. The SMILES string of the molecule is O=C(Cc1ccc(Br)s1)CC1CCCC1. The predicted octanol–water partition coefficient (Wildman–Crippen LogP) is 4.20. The molecule has 1 aliphatic carbocycles. The molecule has 82 valence electrons. The number of thiophene rings is 1. The van der Waals surface area contributed by atoms with Crippen molar-refractivity contribution in [3.8, 4) is 0 Å². The molecule has 0 radical (unpaired) electrons. The molecule has 2 rings (SSSR count). The first-order valence-electron chi connectivity index (χ1n) is 5.50. The molecule has 1 aliphatic rings. The van der Waals surface area contributed by atoms with Crippen LogP contribution in [0.3, 0.4) is 0 Å². The lowest BCUT2D eigenvalue weighted by Crippen LogP contribution is -2.07. The molecule has 0 bridgehead atoms. The van der Waals surface area contributed by atoms with Crippen molar-refractivity contribution >= 4 is 33.0 Å². The highest BCUT2D eigenvalue weighted by molar-refractivity contribution is 9.11. The van der Waals surface area contributed by atoms with Crippen LogP contribution in [-0.4, -0.2) is 5.78 Å². The molecule has 3 heteroatoms. The third-order valence-corrected chi connectivity index (χ3v) is 4.61. The van der Waals surface area contributed by atoms with E-state index in [1.54, 1.807) is 11.3 Å². The molecule has 1 aromatic rings. The minimum atomic E-state index is 0.413. The van der Waals surface area contributed by atoms with Crippen LogP contribution >= 0.6 is 27.3 Å². The van der Waals surface area contributed by atoms with Crippen molar-refractivity contribution in [1.29, 1.82) is 0 Å². The Labute approximate surface area is 103 Å². The van der Waals surface area contributed by atoms with Crippen LogP contribution < -0.4 is 0 Å². The van der Waals surface area contributed by atoms with Gasteiger partial charge in [-0.1, -0.05) is 25.7 Å². The summed E-state index contributed by atoms with van der Waals surface area (Å²) >= 11 is 5.09. The van der Waals surface area contributed by atoms with Crippen LogP contribution in [0.5, 0.6) is 0 Å². The molecule has 0 amide bonds. The molecule has 0 aromatic carbocycles. The van der Waals surface area contributed by atoms with Gasteiger partial charge in [0, 0.05) is 17.7 Å². The second kappa shape index (κ2) is 5.26. The zero-order chi connectivity index (χ0) is 10.7. The molecule has 0 atom stereocenters. The van der Waals surface area contributed by atoms with Gasteiger partial charge in [0.05, 0.1) is 3.79 Å². The monoisotopic (exact) mass is 286 g/mol. The van der Waals surface area contributed by atoms with E-state index in [-0.39, 0.29) is 0 Å². The Morgan fingerprint density at radius 2 is 2.13 bits per heavy atom. The quantitative estimate of drug-likeness (QED) is 0.811. The Morgan fingerprint density at radius 1 is 1.40 bits per heavy atom. The zero-order valence-corrected chi connectivity index (χ0v) is 11.1. The Bertz CT molecular complexity index is 339. The third kappa shape index (κ3) is 3.42. The minimum absolute atomic E-state index is 0.413. The van der Waals surface area contributed by atoms with Crippen molar-refractivity contribution in [3.05, 3.63) is 20.8 Å². The van der Waals surface area contributed by atoms with Gasteiger partial charge in [-0.05, 0) is 34.0 Å². The minimum Gasteiger partial charge on any atom is -0.299 e. The van der Waals surface area contributed by atoms with Crippen LogP contribution in [-0.2, 0) is 11.2 Å². The molecule has 1 nitrogen and oxygen atoms in total. The van der Waals surface area contributed by atoms with Crippen molar-refractivity contribution in [2.75, 3.05) is 0 Å². The molecule has 0 unspecified atom stereocenters. The molecule has 1 saturated carbocycles. The molecule has 1 fully saturated rings. The summed E-state index contributed by atoms with van der Waals surface area (Å²) in [5, 5.41) is 0. The standard InChI is InChI=1S/C12H15BrOS/c13-12-6-5-11(15-12)8-10(14)7-9-3-1-2-4-9/h5-6,9H,1-4,7-8H2. The number of halogens is 1. The maximum Gasteiger partial charge on any atom is 0.138 e. The van der Waals surface area contributed by atoms with E-state index in [9.17, 15) is 4.79 Å². The first-order chi connectivity index (χ1) is 7.24. The van der Waals surface area contributed by atoms with Gasteiger partial charge in [0.1, 0.15) is 5.78 Å². The van der Waals surface area contributed by atoms with Gasteiger partial charge >= 0.3 is 0 Å². The predicted molar refractivity (Wildman–Crippen MR) is 67.3 cm³/mol. The molecule has 15 heavy (non-hydrogen) atoms. The first-order valence-corrected chi connectivity index (χ1v) is 7.11. The van der Waals surface area contributed by atoms with Crippen LogP contribution in [0, 0.1) is 5.92 Å². The molecule has 0 saturated heterocycles. The summed E-state index contributed by atoms with van der Waals surface area (Å²) in [7, 11) is 0. The summed E-state index contributed by atoms with van der Waals surface area (Å²) in [6.07, 6.45) is 6.60. The summed E-state index contributed by atoms with van der Waals surface area (Å²) < 4.78 is 1.12. The normalized spacial score (nSPS) is 17.1. The van der Waals surface area contributed by atoms with Crippen molar-refractivity contribution in [2.45, 2.75) is 38.5 Å². The number of hydrogen-bond acceptors (Lipinski definition) is 2. The fourth-order valence-electron chi connectivity index (χ4n) is 2.25. The topological polar surface area (TPSA) is 17.1 Å². The number of carbonyl (C=O) groups excluding carboxylic acids is 1. The van der Waals surface area contributed by atoms with Crippen molar-refractivity contribution < 1.29 is 4.79 Å². The van der Waals surface area contributed by atoms with E-state index in [2.05, 4.69) is 15.9 Å². The third-order valence-electron chi connectivity index (χ3n) is 2.99. The summed E-state index contributed by atoms with van der Waals surface area (Å²) in [5.74, 6) is 1.09. The van der Waals surface area contributed by atoms with Crippen LogP contribution in [0.25, 0.3) is 0 Å². The van der Waals surface area contributed by atoms with Crippen LogP contribution in [0.15, 0.2) is 15.9 Å². The van der Waals surface area contributed by atoms with Crippen molar-refractivity contribution in [1.82, 2.24) is 0 Å². The molecule has 1 aromatic heterocycles. The number of hydrogen-bond donors (Lipinski definition) is 0. The first kappa shape index (κ1) is 11.3. The van der Waals surface area contributed by atoms with Gasteiger partial charge in [-0.15, -0.1) is 11.3 Å². The highest BCUT2D eigenvalue weighted by Gasteiger charge is 2.18. The van der Waals surface area contributed by atoms with Gasteiger partial charge in [0.2, 0.25) is 0 Å². The van der Waals surface area contributed by atoms with Crippen LogP contribution in [0.4, 0.5) is 0 Å². The lowest BCUT2D eigenvalue weighted by molar-refractivity contribution is -0.119. The van der Waals surface area contributed by atoms with E-state index in [0.29, 0.717) is 18.1 Å². The number of carbonyl (C=O) groups is 1. The summed E-state index contributed by atoms with van der Waals surface area (Å²) in [6, 6.07) is 4.06. The fraction of sp³-hybridized carbons (Fsp3) is 0.583. The lowest BCUT2D eigenvalue weighted by Gasteiger charge is -2.06. The van der Waals surface area contributed by atoms with Crippen molar-refractivity contribution in [3.63, 3.8) is 0 Å². The van der Waals surface area contributed by atoms with E-state index >= 15 is 0 Å². The lowest BCUT2D eigenvalue weighted by atomic mass is 9.99. The second-order valence-corrected chi connectivity index (χ2v) is 6.82. The average Bonchev–Trinajstić information content (AvgIpc) is 2.77. The molecule has 0 aliphatic heterocycles. The second-order valence-electron chi connectivity index (χ2n) is 4.28. The fourth-order valence-corrected chi connectivity index (χ4v) is 3.76. The van der Waals surface area contributed by atoms with E-state index < -0.39 is 0 Å². The molecular formula is C12H15BrOS. The van der Waals surface area contributed by atoms with Crippen molar-refractivity contribution in [2.24, 2.45) is 5.92 Å². The number of Topliss-reactive ketones (excluding diaryl/α,β-unsaturated/α-hetero) is 1. The number of ketones is 1. The van der Waals surface area contributed by atoms with E-state index in [4.69, 9.17) is 0 Å². The van der Waals surface area contributed by atoms with Gasteiger partial charge in [0.25, 0.3) is 0 Å². The van der Waals surface area contributed by atoms with Gasteiger partial charge in [-0.25, -0.2) is 0 Å². The van der Waals surface area contributed by atoms with Gasteiger partial charge in [-0.3, -0.25) is 4.79 Å². The summed E-state index contributed by atoms with van der Waals surface area (Å²) in [6.45, 7) is 0. The summed E-state index contributed by atoms with van der Waals surface area (Å²) in [4.78, 5) is 13.0. The van der Waals surface area contributed by atoms with Gasteiger partial charge in [-0.2, -0.15) is 0 Å². The average molecular weight is 287 g/mol. The van der Waals surface area contributed by atoms with E-state index in [1.165, 1.54) is 30.6 Å². The van der Waals surface area contributed by atoms with Gasteiger partial charge < -0.3 is 0 Å². The van der Waals surface area contributed by atoms with Gasteiger partial charge in [0.15, 0.2) is 0 Å². The molecule has 0 spiro atoms. The molecule has 0 N–H and O–H groups in total. The highest BCUT2D eigenvalue weighted by Crippen LogP contribution is 2.29. The molecule has 1 heterocycles. The Morgan fingerprint density at radius 3 is 2.73 bits per heavy atom. The smallest absolute Gasteiger partial charge is 0.138 e. The Hall–Kier alpha value is -0.150. The largest absolute Gasteiger partial charge is 0.299 e.